The first kappa shape index (κ1) is 21.1. The number of benzene rings is 1. The van der Waals surface area contributed by atoms with Gasteiger partial charge in [0.2, 0.25) is 15.9 Å². The fraction of sp³-hybridized carbons (Fsp3) is 0.500. The molecule has 0 spiro atoms. The lowest BCUT2D eigenvalue weighted by atomic mass is 10.1. The fourth-order valence-electron chi connectivity index (χ4n) is 3.26. The van der Waals surface area contributed by atoms with Crippen molar-refractivity contribution < 1.29 is 27.5 Å². The standard InChI is InChI=1S/C18H24N4O6S/c1-20-17(23)7-5-14(19-20)18(24)21-8-10-22(11-9-21)29(25,26)13-4-6-15(27-2)16(12-13)28-3/h4,6,12H,5,7-11H2,1-3H3. The van der Waals surface area contributed by atoms with Crippen molar-refractivity contribution in [2.75, 3.05) is 47.4 Å². The van der Waals surface area contributed by atoms with Crippen LogP contribution in [0.25, 0.3) is 0 Å². The Morgan fingerprint density at radius 1 is 1.03 bits per heavy atom. The Morgan fingerprint density at radius 3 is 2.28 bits per heavy atom. The minimum atomic E-state index is -3.73. The van der Waals surface area contributed by atoms with E-state index in [9.17, 15) is 18.0 Å². The number of hydrogen-bond donors (Lipinski definition) is 0. The van der Waals surface area contributed by atoms with Crippen LogP contribution in [0, 0.1) is 0 Å². The van der Waals surface area contributed by atoms with Crippen molar-refractivity contribution in [1.82, 2.24) is 14.2 Å². The molecule has 158 valence electrons. The zero-order valence-corrected chi connectivity index (χ0v) is 17.4. The molecule has 2 aliphatic rings. The third-order valence-corrected chi connectivity index (χ3v) is 6.87. The van der Waals surface area contributed by atoms with E-state index in [2.05, 4.69) is 5.10 Å². The number of hydrazone groups is 1. The number of rotatable bonds is 5. The molecule has 0 bridgehead atoms. The molecule has 0 radical (unpaired) electrons. The molecule has 0 saturated carbocycles. The molecule has 2 heterocycles. The summed E-state index contributed by atoms with van der Waals surface area (Å²) >= 11 is 0. The summed E-state index contributed by atoms with van der Waals surface area (Å²) in [6.07, 6.45) is 0.543. The fourth-order valence-corrected chi connectivity index (χ4v) is 4.70. The van der Waals surface area contributed by atoms with Gasteiger partial charge in [0.25, 0.3) is 5.91 Å². The number of amides is 2. The predicted octanol–water partition coefficient (Wildman–Crippen LogP) is 0.145. The summed E-state index contributed by atoms with van der Waals surface area (Å²) in [6.45, 7) is 0.846. The van der Waals surface area contributed by atoms with Crippen LogP contribution in [0.15, 0.2) is 28.2 Å². The maximum atomic E-state index is 13.0. The van der Waals surface area contributed by atoms with E-state index in [1.807, 2.05) is 0 Å². The summed E-state index contributed by atoms with van der Waals surface area (Å²) in [4.78, 5) is 25.8. The van der Waals surface area contributed by atoms with E-state index in [-0.39, 0.29) is 49.3 Å². The Balaban J connectivity index is 1.69. The summed E-state index contributed by atoms with van der Waals surface area (Å²) in [5.74, 6) is 0.384. The van der Waals surface area contributed by atoms with E-state index < -0.39 is 10.0 Å². The average molecular weight is 424 g/mol. The third kappa shape index (κ3) is 4.20. The zero-order chi connectivity index (χ0) is 21.2. The monoisotopic (exact) mass is 424 g/mol. The number of methoxy groups -OCH3 is 2. The Bertz CT molecular complexity index is 938. The number of nitrogens with zero attached hydrogens (tertiary/aromatic N) is 4. The van der Waals surface area contributed by atoms with Crippen LogP contribution in [0.4, 0.5) is 0 Å². The highest BCUT2D eigenvalue weighted by molar-refractivity contribution is 7.89. The van der Waals surface area contributed by atoms with Crippen molar-refractivity contribution >= 4 is 27.5 Å². The molecule has 1 aromatic rings. The second-order valence-electron chi connectivity index (χ2n) is 6.68. The molecule has 0 aromatic heterocycles. The first-order valence-electron chi connectivity index (χ1n) is 9.13. The van der Waals surface area contributed by atoms with E-state index in [1.165, 1.54) is 42.7 Å². The number of ether oxygens (including phenoxy) is 2. The average Bonchev–Trinajstić information content (AvgIpc) is 2.74. The van der Waals surface area contributed by atoms with Gasteiger partial charge in [-0.2, -0.15) is 9.41 Å². The second kappa shape index (κ2) is 8.37. The van der Waals surface area contributed by atoms with Crippen molar-refractivity contribution in [2.24, 2.45) is 5.10 Å². The van der Waals surface area contributed by atoms with E-state index >= 15 is 0 Å². The topological polar surface area (TPSA) is 109 Å². The smallest absolute Gasteiger partial charge is 0.270 e. The molecule has 0 aliphatic carbocycles. The number of carbonyl (C=O) groups excluding carboxylic acids is 2. The van der Waals surface area contributed by atoms with Crippen LogP contribution in [0.5, 0.6) is 11.5 Å². The molecule has 2 aliphatic heterocycles. The number of hydrogen-bond acceptors (Lipinski definition) is 7. The van der Waals surface area contributed by atoms with E-state index in [1.54, 1.807) is 11.0 Å². The summed E-state index contributed by atoms with van der Waals surface area (Å²) < 4.78 is 37.6. The van der Waals surface area contributed by atoms with E-state index in [4.69, 9.17) is 9.47 Å². The number of sulfonamides is 1. The molecule has 2 amide bonds. The van der Waals surface area contributed by atoms with Gasteiger partial charge >= 0.3 is 0 Å². The van der Waals surface area contributed by atoms with Crippen molar-refractivity contribution in [3.05, 3.63) is 18.2 Å². The summed E-state index contributed by atoms with van der Waals surface area (Å²) in [5, 5.41) is 5.22. The van der Waals surface area contributed by atoms with Crippen LogP contribution in [-0.2, 0) is 19.6 Å². The molecule has 0 unspecified atom stereocenters. The molecule has 1 aromatic carbocycles. The minimum Gasteiger partial charge on any atom is -0.493 e. The summed E-state index contributed by atoms with van der Waals surface area (Å²) in [7, 11) is 0.704. The quantitative estimate of drug-likeness (QED) is 0.665. The molecule has 3 rings (SSSR count). The van der Waals surface area contributed by atoms with Gasteiger partial charge in [0.15, 0.2) is 11.5 Å². The molecule has 29 heavy (non-hydrogen) atoms. The van der Waals surface area contributed by atoms with Gasteiger partial charge in [-0.15, -0.1) is 0 Å². The van der Waals surface area contributed by atoms with Gasteiger partial charge in [0.1, 0.15) is 5.71 Å². The van der Waals surface area contributed by atoms with Crippen LogP contribution in [-0.4, -0.2) is 87.6 Å². The summed E-state index contributed by atoms with van der Waals surface area (Å²) in [6, 6.07) is 4.44. The maximum absolute atomic E-state index is 13.0. The van der Waals surface area contributed by atoms with Crippen LogP contribution >= 0.6 is 0 Å². The first-order valence-corrected chi connectivity index (χ1v) is 10.6. The molecule has 1 fully saturated rings. The van der Waals surface area contributed by atoms with Gasteiger partial charge < -0.3 is 14.4 Å². The van der Waals surface area contributed by atoms with Gasteiger partial charge in [-0.1, -0.05) is 0 Å². The van der Waals surface area contributed by atoms with Crippen LogP contribution in [0.2, 0.25) is 0 Å². The molecule has 0 N–H and O–H groups in total. The van der Waals surface area contributed by atoms with Gasteiger partial charge in [0, 0.05) is 52.1 Å². The van der Waals surface area contributed by atoms with Crippen molar-refractivity contribution in [2.45, 2.75) is 17.7 Å². The number of carbonyl (C=O) groups is 2. The highest BCUT2D eigenvalue weighted by Crippen LogP contribution is 2.31. The Morgan fingerprint density at radius 2 is 1.69 bits per heavy atom. The van der Waals surface area contributed by atoms with Gasteiger partial charge in [0.05, 0.1) is 19.1 Å². The van der Waals surface area contributed by atoms with Crippen LogP contribution in [0.3, 0.4) is 0 Å². The summed E-state index contributed by atoms with van der Waals surface area (Å²) in [5.41, 5.74) is 0.322. The van der Waals surface area contributed by atoms with E-state index in [0.29, 0.717) is 23.6 Å². The van der Waals surface area contributed by atoms with Crippen LogP contribution < -0.4 is 9.47 Å². The van der Waals surface area contributed by atoms with Gasteiger partial charge in [-0.25, -0.2) is 13.4 Å². The van der Waals surface area contributed by atoms with Crippen molar-refractivity contribution in [1.29, 1.82) is 0 Å². The molecule has 10 nitrogen and oxygen atoms in total. The maximum Gasteiger partial charge on any atom is 0.270 e. The molecule has 0 atom stereocenters. The lowest BCUT2D eigenvalue weighted by molar-refractivity contribution is -0.130. The second-order valence-corrected chi connectivity index (χ2v) is 8.62. The first-order chi connectivity index (χ1) is 13.8. The number of piperazine rings is 1. The predicted molar refractivity (Wildman–Crippen MR) is 104 cm³/mol. The minimum absolute atomic E-state index is 0.103. The normalized spacial score (nSPS) is 18.4. The van der Waals surface area contributed by atoms with Crippen LogP contribution in [0.1, 0.15) is 12.8 Å². The molecular weight excluding hydrogens is 400 g/mol. The highest BCUT2D eigenvalue weighted by Gasteiger charge is 2.33. The van der Waals surface area contributed by atoms with Gasteiger partial charge in [-0.05, 0) is 12.1 Å². The lowest BCUT2D eigenvalue weighted by Crippen LogP contribution is -2.52. The SMILES string of the molecule is COc1ccc(S(=O)(=O)N2CCN(C(=O)C3=NN(C)C(=O)CC3)CC2)cc1OC. The van der Waals surface area contributed by atoms with Gasteiger partial charge in [-0.3, -0.25) is 9.59 Å². The molecule has 11 heteroatoms. The Hall–Kier alpha value is -2.66. The Kier molecular flexibility index (Phi) is 6.08. The lowest BCUT2D eigenvalue weighted by Gasteiger charge is -2.34. The molecular formula is C18H24N4O6S. The van der Waals surface area contributed by atoms with Crippen molar-refractivity contribution in [3.63, 3.8) is 0 Å². The Labute approximate surface area is 169 Å². The highest BCUT2D eigenvalue weighted by atomic mass is 32.2. The van der Waals surface area contributed by atoms with E-state index in [0.717, 1.165) is 0 Å². The molecule has 1 saturated heterocycles. The largest absolute Gasteiger partial charge is 0.493 e. The third-order valence-electron chi connectivity index (χ3n) is 4.97. The van der Waals surface area contributed by atoms with Crippen molar-refractivity contribution in [3.8, 4) is 11.5 Å². The zero-order valence-electron chi connectivity index (χ0n) is 16.6.